The van der Waals surface area contributed by atoms with Crippen molar-refractivity contribution in [1.82, 2.24) is 0 Å². The molecule has 0 spiro atoms. The highest BCUT2D eigenvalue weighted by Gasteiger charge is 2.34. The lowest BCUT2D eigenvalue weighted by atomic mass is 9.80. The van der Waals surface area contributed by atoms with E-state index in [1.54, 1.807) is 6.92 Å². The quantitative estimate of drug-likeness (QED) is 0.817. The molecule has 0 aliphatic rings. The topological polar surface area (TPSA) is 44.0 Å². The minimum absolute atomic E-state index is 0.389. The van der Waals surface area contributed by atoms with Gasteiger partial charge in [-0.15, -0.1) is 0 Å². The van der Waals surface area contributed by atoms with Crippen molar-refractivity contribution in [3.63, 3.8) is 0 Å². The summed E-state index contributed by atoms with van der Waals surface area (Å²) in [6.45, 7) is 3.78. The van der Waals surface area contributed by atoms with Crippen LogP contribution >= 0.6 is 0 Å². The molecule has 0 aromatic heterocycles. The fraction of sp³-hybridized carbons (Fsp3) is 0.462. The highest BCUT2D eigenvalue weighted by atomic mass is 16.3. The normalized spacial score (nSPS) is 16.4. The van der Waals surface area contributed by atoms with E-state index >= 15 is 0 Å². The molecule has 1 rings (SSSR count). The molecule has 0 saturated carbocycles. The van der Waals surface area contributed by atoms with Crippen molar-refractivity contribution in [3.8, 4) is 6.07 Å². The zero-order chi connectivity index (χ0) is 11.3. The summed E-state index contributed by atoms with van der Waals surface area (Å²) in [4.78, 5) is 0. The molecule has 1 aromatic carbocycles. The fourth-order valence-electron chi connectivity index (χ4n) is 1.83. The number of nitrogens with zero attached hydrogens (tertiary/aromatic N) is 1. The second-order valence-corrected chi connectivity index (χ2v) is 3.89. The van der Waals surface area contributed by atoms with Gasteiger partial charge in [0.05, 0.1) is 12.0 Å². The zero-order valence-corrected chi connectivity index (χ0v) is 9.27. The number of hydrogen-bond acceptors (Lipinski definition) is 2. The third-order valence-corrected chi connectivity index (χ3v) is 2.81. The Labute approximate surface area is 91.2 Å². The maximum absolute atomic E-state index is 10.5. The van der Waals surface area contributed by atoms with Gasteiger partial charge in [0.1, 0.15) is 5.60 Å². The van der Waals surface area contributed by atoms with Crippen LogP contribution in [0.5, 0.6) is 0 Å². The second kappa shape index (κ2) is 4.95. The van der Waals surface area contributed by atoms with E-state index in [1.807, 2.05) is 37.3 Å². The molecule has 1 N–H and O–H groups in total. The van der Waals surface area contributed by atoms with Gasteiger partial charge in [-0.25, -0.2) is 0 Å². The molecule has 0 heterocycles. The maximum atomic E-state index is 10.5. The summed E-state index contributed by atoms with van der Waals surface area (Å²) in [5.74, 6) is -0.389. The van der Waals surface area contributed by atoms with Gasteiger partial charge in [-0.2, -0.15) is 5.26 Å². The number of aliphatic hydroxyl groups is 1. The molecule has 0 fully saturated rings. The van der Waals surface area contributed by atoms with E-state index in [4.69, 9.17) is 5.26 Å². The molecule has 2 unspecified atom stereocenters. The Morgan fingerprint density at radius 2 is 2.00 bits per heavy atom. The minimum atomic E-state index is -1.01. The van der Waals surface area contributed by atoms with Gasteiger partial charge in [-0.05, 0) is 18.9 Å². The first kappa shape index (κ1) is 11.7. The van der Waals surface area contributed by atoms with Crippen molar-refractivity contribution >= 4 is 0 Å². The lowest BCUT2D eigenvalue weighted by molar-refractivity contribution is -0.00581. The van der Waals surface area contributed by atoms with Crippen molar-refractivity contribution in [2.45, 2.75) is 32.3 Å². The summed E-state index contributed by atoms with van der Waals surface area (Å²) in [7, 11) is 0. The van der Waals surface area contributed by atoms with Gasteiger partial charge in [-0.1, -0.05) is 43.7 Å². The lowest BCUT2D eigenvalue weighted by Gasteiger charge is -2.30. The smallest absolute Gasteiger partial charge is 0.105 e. The number of nitriles is 1. The molecular formula is C13H17NO. The number of rotatable bonds is 4. The van der Waals surface area contributed by atoms with Crippen molar-refractivity contribution in [1.29, 1.82) is 5.26 Å². The predicted molar refractivity (Wildman–Crippen MR) is 60.0 cm³/mol. The van der Waals surface area contributed by atoms with E-state index in [0.29, 0.717) is 6.42 Å². The third kappa shape index (κ3) is 2.37. The number of hydrogen-bond donors (Lipinski definition) is 1. The van der Waals surface area contributed by atoms with Crippen molar-refractivity contribution < 1.29 is 5.11 Å². The average Bonchev–Trinajstić information content (AvgIpc) is 2.29. The highest BCUT2D eigenvalue weighted by Crippen LogP contribution is 2.33. The summed E-state index contributed by atoms with van der Waals surface area (Å²) in [6, 6.07) is 11.6. The highest BCUT2D eigenvalue weighted by molar-refractivity contribution is 5.24. The molecule has 0 aliphatic heterocycles. The molecule has 80 valence electrons. The minimum Gasteiger partial charge on any atom is -0.384 e. The number of benzene rings is 1. The van der Waals surface area contributed by atoms with Gasteiger partial charge in [0, 0.05) is 0 Å². The molecule has 0 aliphatic carbocycles. The van der Waals surface area contributed by atoms with Crippen LogP contribution in [0.2, 0.25) is 0 Å². The van der Waals surface area contributed by atoms with E-state index in [2.05, 4.69) is 6.07 Å². The summed E-state index contributed by atoms with van der Waals surface area (Å²) >= 11 is 0. The molecule has 0 amide bonds. The summed E-state index contributed by atoms with van der Waals surface area (Å²) in [5, 5.41) is 19.5. The van der Waals surface area contributed by atoms with Gasteiger partial charge in [0.15, 0.2) is 0 Å². The van der Waals surface area contributed by atoms with Crippen molar-refractivity contribution in [2.75, 3.05) is 0 Å². The molecule has 2 atom stereocenters. The van der Waals surface area contributed by atoms with Crippen LogP contribution in [0.15, 0.2) is 30.3 Å². The van der Waals surface area contributed by atoms with Gasteiger partial charge >= 0.3 is 0 Å². The molecule has 0 radical (unpaired) electrons. The third-order valence-electron chi connectivity index (χ3n) is 2.81. The Morgan fingerprint density at radius 3 is 2.47 bits per heavy atom. The first-order chi connectivity index (χ1) is 7.15. The summed E-state index contributed by atoms with van der Waals surface area (Å²) in [5.41, 5.74) is -0.175. The predicted octanol–water partition coefficient (Wildman–Crippen LogP) is 2.83. The first-order valence-electron chi connectivity index (χ1n) is 5.32. The Bertz CT molecular complexity index is 341. The van der Waals surface area contributed by atoms with E-state index in [-0.39, 0.29) is 5.92 Å². The molecule has 0 saturated heterocycles. The van der Waals surface area contributed by atoms with Crippen LogP contribution in [-0.2, 0) is 5.60 Å². The van der Waals surface area contributed by atoms with Gasteiger partial charge in [0.25, 0.3) is 0 Å². The molecule has 1 aromatic rings. The first-order valence-corrected chi connectivity index (χ1v) is 5.32. The monoisotopic (exact) mass is 203 g/mol. The Balaban J connectivity index is 3.08. The van der Waals surface area contributed by atoms with E-state index in [1.165, 1.54) is 0 Å². The van der Waals surface area contributed by atoms with Crippen LogP contribution in [-0.4, -0.2) is 5.11 Å². The standard InChI is InChI=1S/C13H17NO/c1-3-9-13(15,11(2)10-14)12-7-5-4-6-8-12/h4-8,11,15H,3,9H2,1-2H3. The summed E-state index contributed by atoms with van der Waals surface area (Å²) < 4.78 is 0. The zero-order valence-electron chi connectivity index (χ0n) is 9.27. The van der Waals surface area contributed by atoms with E-state index in [0.717, 1.165) is 12.0 Å². The van der Waals surface area contributed by atoms with Crippen molar-refractivity contribution in [2.24, 2.45) is 5.92 Å². The Morgan fingerprint density at radius 1 is 1.40 bits per heavy atom. The van der Waals surface area contributed by atoms with Crippen LogP contribution in [0.1, 0.15) is 32.3 Å². The Kier molecular flexibility index (Phi) is 3.88. The van der Waals surface area contributed by atoms with Crippen LogP contribution < -0.4 is 0 Å². The second-order valence-electron chi connectivity index (χ2n) is 3.89. The van der Waals surface area contributed by atoms with Crippen LogP contribution in [0.25, 0.3) is 0 Å². The molecular weight excluding hydrogens is 186 g/mol. The molecule has 15 heavy (non-hydrogen) atoms. The molecule has 2 heteroatoms. The van der Waals surface area contributed by atoms with Gasteiger partial charge in [-0.3, -0.25) is 0 Å². The van der Waals surface area contributed by atoms with Crippen LogP contribution in [0.4, 0.5) is 0 Å². The molecule has 2 nitrogen and oxygen atoms in total. The lowest BCUT2D eigenvalue weighted by Crippen LogP contribution is -2.32. The largest absolute Gasteiger partial charge is 0.384 e. The average molecular weight is 203 g/mol. The SMILES string of the molecule is CCCC(O)(c1ccccc1)C(C)C#N. The van der Waals surface area contributed by atoms with Crippen molar-refractivity contribution in [3.05, 3.63) is 35.9 Å². The fourth-order valence-corrected chi connectivity index (χ4v) is 1.83. The van der Waals surface area contributed by atoms with E-state index in [9.17, 15) is 5.11 Å². The van der Waals surface area contributed by atoms with E-state index < -0.39 is 5.60 Å². The van der Waals surface area contributed by atoms with Gasteiger partial charge in [0.2, 0.25) is 0 Å². The molecule has 0 bridgehead atoms. The maximum Gasteiger partial charge on any atom is 0.105 e. The van der Waals surface area contributed by atoms with Gasteiger partial charge < -0.3 is 5.11 Å². The van der Waals surface area contributed by atoms with Crippen LogP contribution in [0, 0.1) is 17.2 Å². The Hall–Kier alpha value is -1.33. The van der Waals surface area contributed by atoms with Crippen LogP contribution in [0.3, 0.4) is 0 Å². The summed E-state index contributed by atoms with van der Waals surface area (Å²) in [6.07, 6.45) is 1.48.